The molecule has 162 valence electrons. The molecular formula is C22H25N5O4. The Morgan fingerprint density at radius 2 is 1.97 bits per heavy atom. The van der Waals surface area contributed by atoms with Crippen LogP contribution in [0.25, 0.3) is 0 Å². The predicted octanol–water partition coefficient (Wildman–Crippen LogP) is 1.94. The third kappa shape index (κ3) is 5.42. The van der Waals surface area contributed by atoms with E-state index in [9.17, 15) is 14.9 Å². The molecule has 2 amide bonds. The normalized spacial score (nSPS) is 13.8. The summed E-state index contributed by atoms with van der Waals surface area (Å²) < 4.78 is 10.4. The van der Waals surface area contributed by atoms with Crippen molar-refractivity contribution in [2.45, 2.75) is 12.8 Å². The number of carbonyl (C=O) groups is 2. The number of carbonyl (C=O) groups excluding carboxylic acids is 2. The minimum absolute atomic E-state index is 0.248. The third-order valence-corrected chi connectivity index (χ3v) is 5.24. The molecule has 2 aromatic rings. The number of anilines is 2. The molecule has 0 radical (unpaired) electrons. The molecule has 1 aliphatic rings. The fourth-order valence-corrected chi connectivity index (χ4v) is 3.48. The first-order chi connectivity index (χ1) is 15.0. The van der Waals surface area contributed by atoms with Gasteiger partial charge in [0.25, 0.3) is 0 Å². The highest BCUT2D eigenvalue weighted by molar-refractivity contribution is 6.39. The molecule has 2 heterocycles. The van der Waals surface area contributed by atoms with E-state index in [1.54, 1.807) is 36.5 Å². The van der Waals surface area contributed by atoms with Gasteiger partial charge < -0.3 is 25.0 Å². The monoisotopic (exact) mass is 423 g/mol. The molecule has 1 aromatic heterocycles. The fourth-order valence-electron chi connectivity index (χ4n) is 3.48. The molecular weight excluding hydrogens is 398 g/mol. The number of amides is 2. The van der Waals surface area contributed by atoms with E-state index in [1.807, 2.05) is 0 Å². The lowest BCUT2D eigenvalue weighted by Gasteiger charge is -2.33. The van der Waals surface area contributed by atoms with Gasteiger partial charge >= 0.3 is 11.8 Å². The van der Waals surface area contributed by atoms with Crippen molar-refractivity contribution in [3.05, 3.63) is 42.1 Å². The van der Waals surface area contributed by atoms with Gasteiger partial charge in [-0.15, -0.1) is 0 Å². The molecule has 0 spiro atoms. The summed E-state index contributed by atoms with van der Waals surface area (Å²) in [5, 5.41) is 14.5. The lowest BCUT2D eigenvalue weighted by Crippen LogP contribution is -2.42. The second kappa shape index (κ2) is 10.3. The van der Waals surface area contributed by atoms with Crippen molar-refractivity contribution in [3.63, 3.8) is 0 Å². The van der Waals surface area contributed by atoms with Gasteiger partial charge in [-0.05, 0) is 43.0 Å². The first-order valence-electron chi connectivity index (χ1n) is 9.97. The number of nitrogens with zero attached hydrogens (tertiary/aromatic N) is 3. The summed E-state index contributed by atoms with van der Waals surface area (Å²) in [4.78, 5) is 30.9. The van der Waals surface area contributed by atoms with E-state index in [4.69, 9.17) is 9.47 Å². The highest BCUT2D eigenvalue weighted by Gasteiger charge is 2.23. The Bertz CT molecular complexity index is 980. The van der Waals surface area contributed by atoms with Gasteiger partial charge in [0.2, 0.25) is 0 Å². The van der Waals surface area contributed by atoms with Crippen molar-refractivity contribution in [1.82, 2.24) is 10.3 Å². The number of rotatable bonds is 6. The van der Waals surface area contributed by atoms with Gasteiger partial charge in [-0.3, -0.25) is 9.59 Å². The van der Waals surface area contributed by atoms with Gasteiger partial charge in [0.1, 0.15) is 23.4 Å². The highest BCUT2D eigenvalue weighted by atomic mass is 16.5. The van der Waals surface area contributed by atoms with Crippen molar-refractivity contribution in [2.75, 3.05) is 44.1 Å². The van der Waals surface area contributed by atoms with Crippen LogP contribution in [0.3, 0.4) is 0 Å². The quantitative estimate of drug-likeness (QED) is 0.682. The number of nitrogens with one attached hydrogen (secondary N) is 2. The largest absolute Gasteiger partial charge is 0.497 e. The molecule has 9 heteroatoms. The van der Waals surface area contributed by atoms with Crippen LogP contribution in [0.4, 0.5) is 11.5 Å². The molecule has 0 bridgehead atoms. The van der Waals surface area contributed by atoms with Crippen LogP contribution in [0, 0.1) is 17.2 Å². The number of pyridine rings is 1. The minimum Gasteiger partial charge on any atom is -0.497 e. The summed E-state index contributed by atoms with van der Waals surface area (Å²) in [5.41, 5.74) is 0.945. The Morgan fingerprint density at radius 3 is 2.65 bits per heavy atom. The Labute approximate surface area is 181 Å². The summed E-state index contributed by atoms with van der Waals surface area (Å²) in [7, 11) is 3.01. The Hall–Kier alpha value is -3.80. The number of methoxy groups -OCH3 is 2. The van der Waals surface area contributed by atoms with Crippen LogP contribution in [0.2, 0.25) is 0 Å². The number of ether oxygens (including phenoxy) is 2. The second-order valence-corrected chi connectivity index (χ2v) is 7.15. The van der Waals surface area contributed by atoms with Crippen LogP contribution in [-0.2, 0) is 9.59 Å². The Kier molecular flexibility index (Phi) is 7.27. The minimum atomic E-state index is -0.756. The van der Waals surface area contributed by atoms with Gasteiger partial charge in [-0.25, -0.2) is 4.98 Å². The van der Waals surface area contributed by atoms with E-state index in [2.05, 4.69) is 26.6 Å². The maximum atomic E-state index is 12.3. The SMILES string of the molecule is COc1ccc(NC(=O)C(=O)NCC2CCN(c3ncccc3C#N)CC2)c(OC)c1. The molecule has 9 nitrogen and oxygen atoms in total. The van der Waals surface area contributed by atoms with Crippen molar-refractivity contribution < 1.29 is 19.1 Å². The molecule has 2 N–H and O–H groups in total. The van der Waals surface area contributed by atoms with Crippen LogP contribution in [0.5, 0.6) is 11.5 Å². The zero-order valence-corrected chi connectivity index (χ0v) is 17.6. The molecule has 1 saturated heterocycles. The summed E-state index contributed by atoms with van der Waals surface area (Å²) >= 11 is 0. The molecule has 0 unspecified atom stereocenters. The maximum Gasteiger partial charge on any atom is 0.313 e. The van der Waals surface area contributed by atoms with Gasteiger partial charge in [-0.1, -0.05) is 0 Å². The topological polar surface area (TPSA) is 117 Å². The van der Waals surface area contributed by atoms with Gasteiger partial charge in [0.05, 0.1) is 25.5 Å². The van der Waals surface area contributed by atoms with Crippen molar-refractivity contribution in [2.24, 2.45) is 5.92 Å². The van der Waals surface area contributed by atoms with E-state index in [1.165, 1.54) is 14.2 Å². The van der Waals surface area contributed by atoms with E-state index in [-0.39, 0.29) is 5.92 Å². The lowest BCUT2D eigenvalue weighted by atomic mass is 9.96. The van der Waals surface area contributed by atoms with Crippen molar-refractivity contribution in [1.29, 1.82) is 5.26 Å². The van der Waals surface area contributed by atoms with Gasteiger partial charge in [0, 0.05) is 31.9 Å². The summed E-state index contributed by atoms with van der Waals surface area (Å²) in [6, 6.07) is 10.6. The van der Waals surface area contributed by atoms with Crippen molar-refractivity contribution in [3.8, 4) is 17.6 Å². The van der Waals surface area contributed by atoms with Crippen LogP contribution < -0.4 is 25.0 Å². The number of hydrogen-bond donors (Lipinski definition) is 2. The van der Waals surface area contributed by atoms with Crippen LogP contribution in [0.15, 0.2) is 36.5 Å². The fraction of sp³-hybridized carbons (Fsp3) is 0.364. The molecule has 1 aliphatic heterocycles. The summed E-state index contributed by atoms with van der Waals surface area (Å²) in [6.07, 6.45) is 3.34. The zero-order valence-electron chi connectivity index (χ0n) is 17.6. The Balaban J connectivity index is 1.48. The van der Waals surface area contributed by atoms with E-state index in [0.717, 1.165) is 25.9 Å². The summed E-state index contributed by atoms with van der Waals surface area (Å²) in [5.74, 6) is 0.472. The second-order valence-electron chi connectivity index (χ2n) is 7.15. The Morgan fingerprint density at radius 1 is 1.19 bits per heavy atom. The first-order valence-corrected chi connectivity index (χ1v) is 9.97. The first kappa shape index (κ1) is 21.9. The smallest absolute Gasteiger partial charge is 0.313 e. The third-order valence-electron chi connectivity index (χ3n) is 5.24. The number of piperidine rings is 1. The number of hydrogen-bond acceptors (Lipinski definition) is 7. The summed E-state index contributed by atoms with van der Waals surface area (Å²) in [6.45, 7) is 1.89. The lowest BCUT2D eigenvalue weighted by molar-refractivity contribution is -0.136. The number of benzene rings is 1. The molecule has 3 rings (SSSR count). The van der Waals surface area contributed by atoms with Gasteiger partial charge in [-0.2, -0.15) is 5.26 Å². The average Bonchev–Trinajstić information content (AvgIpc) is 2.82. The van der Waals surface area contributed by atoms with Gasteiger partial charge in [0.15, 0.2) is 0 Å². The average molecular weight is 423 g/mol. The standard InChI is InChI=1S/C22H25N5O4/c1-30-17-5-6-18(19(12-17)31-2)26-22(29)21(28)25-14-15-7-10-27(11-8-15)20-16(13-23)4-3-9-24-20/h3-6,9,12,15H,7-8,10-11,14H2,1-2H3,(H,25,28)(H,26,29). The van der Waals surface area contributed by atoms with Crippen LogP contribution in [0.1, 0.15) is 18.4 Å². The van der Waals surface area contributed by atoms with E-state index >= 15 is 0 Å². The molecule has 31 heavy (non-hydrogen) atoms. The molecule has 0 atom stereocenters. The van der Waals surface area contributed by atoms with Crippen LogP contribution >= 0.6 is 0 Å². The maximum absolute atomic E-state index is 12.3. The molecule has 1 fully saturated rings. The molecule has 0 aliphatic carbocycles. The van der Waals surface area contributed by atoms with Crippen molar-refractivity contribution >= 4 is 23.3 Å². The highest BCUT2D eigenvalue weighted by Crippen LogP contribution is 2.29. The zero-order chi connectivity index (χ0) is 22.2. The molecule has 0 saturated carbocycles. The predicted molar refractivity (Wildman–Crippen MR) is 115 cm³/mol. The number of aromatic nitrogens is 1. The van der Waals surface area contributed by atoms with Crippen LogP contribution in [-0.4, -0.2) is 50.7 Å². The molecule has 1 aromatic carbocycles. The van der Waals surface area contributed by atoms with E-state index < -0.39 is 11.8 Å². The number of nitriles is 1. The van der Waals surface area contributed by atoms with E-state index in [0.29, 0.717) is 35.1 Å².